The van der Waals surface area contributed by atoms with Crippen molar-refractivity contribution in [3.63, 3.8) is 0 Å². The maximum atomic E-state index is 11.5. The van der Waals surface area contributed by atoms with Crippen LogP contribution in [0.5, 0.6) is 0 Å². The van der Waals surface area contributed by atoms with Crippen molar-refractivity contribution in [2.75, 3.05) is 25.0 Å². The number of nitrogens with zero attached hydrogens (tertiary/aromatic N) is 2. The molecule has 1 fully saturated rings. The van der Waals surface area contributed by atoms with Crippen LogP contribution < -0.4 is 16.0 Å². The second-order valence-corrected chi connectivity index (χ2v) is 4.59. The van der Waals surface area contributed by atoms with Gasteiger partial charge in [0.05, 0.1) is 17.6 Å². The van der Waals surface area contributed by atoms with Crippen molar-refractivity contribution >= 4 is 11.6 Å². The lowest BCUT2D eigenvalue weighted by Gasteiger charge is -2.32. The van der Waals surface area contributed by atoms with E-state index in [1.807, 2.05) is 12.3 Å². The van der Waals surface area contributed by atoms with Crippen LogP contribution in [0.1, 0.15) is 18.5 Å². The number of carbonyl (C=O) groups excluding carboxylic acids is 1. The quantitative estimate of drug-likeness (QED) is 0.817. The summed E-state index contributed by atoms with van der Waals surface area (Å²) in [5.74, 6) is 0.314. The predicted octanol–water partition coefficient (Wildman–Crippen LogP) is 0.503. The zero-order valence-electron chi connectivity index (χ0n) is 10.7. The van der Waals surface area contributed by atoms with Gasteiger partial charge in [-0.25, -0.2) is 0 Å². The second-order valence-electron chi connectivity index (χ2n) is 4.59. The summed E-state index contributed by atoms with van der Waals surface area (Å²) < 4.78 is 0. The summed E-state index contributed by atoms with van der Waals surface area (Å²) >= 11 is 0. The van der Waals surface area contributed by atoms with E-state index >= 15 is 0 Å². The predicted molar refractivity (Wildman–Crippen MR) is 71.1 cm³/mol. The van der Waals surface area contributed by atoms with Gasteiger partial charge in [-0.15, -0.1) is 0 Å². The molecule has 5 heteroatoms. The summed E-state index contributed by atoms with van der Waals surface area (Å²) in [6, 6.07) is 4.01. The number of piperidine rings is 1. The summed E-state index contributed by atoms with van der Waals surface area (Å²) in [6.45, 7) is 2.28. The normalized spacial score (nSPS) is 16.7. The SMILES string of the molecule is CNC(=O)C1CCN(c2ccc(CN)nc2)CC1. The standard InChI is InChI=1S/C13H20N4O/c1-15-13(18)10-4-6-17(7-5-10)12-3-2-11(8-14)16-9-12/h2-3,9-10H,4-8,14H2,1H3,(H,15,18). The lowest BCUT2D eigenvalue weighted by Crippen LogP contribution is -2.39. The fourth-order valence-corrected chi connectivity index (χ4v) is 2.33. The molecule has 0 saturated carbocycles. The topological polar surface area (TPSA) is 71.2 Å². The molecule has 0 radical (unpaired) electrons. The molecule has 0 spiro atoms. The van der Waals surface area contributed by atoms with E-state index in [9.17, 15) is 4.79 Å². The molecule has 18 heavy (non-hydrogen) atoms. The Kier molecular flexibility index (Phi) is 4.15. The van der Waals surface area contributed by atoms with Crippen molar-refractivity contribution in [2.45, 2.75) is 19.4 Å². The first-order chi connectivity index (χ1) is 8.74. The number of anilines is 1. The first-order valence-electron chi connectivity index (χ1n) is 6.36. The van der Waals surface area contributed by atoms with Gasteiger partial charge in [0, 0.05) is 32.6 Å². The molecule has 1 aromatic heterocycles. The first-order valence-corrected chi connectivity index (χ1v) is 6.36. The molecule has 2 heterocycles. The second kappa shape index (κ2) is 5.82. The molecule has 98 valence electrons. The van der Waals surface area contributed by atoms with Crippen molar-refractivity contribution in [2.24, 2.45) is 11.7 Å². The smallest absolute Gasteiger partial charge is 0.222 e. The Balaban J connectivity index is 1.94. The van der Waals surface area contributed by atoms with Crippen LogP contribution in [-0.2, 0) is 11.3 Å². The number of nitrogens with two attached hydrogens (primary N) is 1. The Bertz CT molecular complexity index is 396. The molecule has 0 aromatic carbocycles. The Morgan fingerprint density at radius 1 is 1.50 bits per heavy atom. The zero-order valence-corrected chi connectivity index (χ0v) is 10.7. The number of aromatic nitrogens is 1. The number of carbonyl (C=O) groups is 1. The molecule has 0 atom stereocenters. The maximum Gasteiger partial charge on any atom is 0.222 e. The number of hydrogen-bond donors (Lipinski definition) is 2. The average Bonchev–Trinajstić information content (AvgIpc) is 2.47. The van der Waals surface area contributed by atoms with Crippen molar-refractivity contribution < 1.29 is 4.79 Å². The largest absolute Gasteiger partial charge is 0.370 e. The minimum absolute atomic E-state index is 0.155. The molecule has 2 rings (SSSR count). The summed E-state index contributed by atoms with van der Waals surface area (Å²) in [4.78, 5) is 18.1. The summed E-state index contributed by atoms with van der Waals surface area (Å²) in [6.07, 6.45) is 3.67. The van der Waals surface area contributed by atoms with Crippen LogP contribution in [0.3, 0.4) is 0 Å². The molecule has 1 aromatic rings. The number of amides is 1. The van der Waals surface area contributed by atoms with E-state index in [1.54, 1.807) is 7.05 Å². The van der Waals surface area contributed by atoms with Crippen LogP contribution in [0.15, 0.2) is 18.3 Å². The van der Waals surface area contributed by atoms with Gasteiger partial charge >= 0.3 is 0 Å². The van der Waals surface area contributed by atoms with Crippen LogP contribution >= 0.6 is 0 Å². The van der Waals surface area contributed by atoms with Gasteiger partial charge in [0.2, 0.25) is 5.91 Å². The fraction of sp³-hybridized carbons (Fsp3) is 0.538. The maximum absolute atomic E-state index is 11.5. The van der Waals surface area contributed by atoms with Gasteiger partial charge in [-0.2, -0.15) is 0 Å². The van der Waals surface area contributed by atoms with Gasteiger partial charge < -0.3 is 16.0 Å². The highest BCUT2D eigenvalue weighted by Gasteiger charge is 2.24. The van der Waals surface area contributed by atoms with Crippen molar-refractivity contribution in [3.05, 3.63) is 24.0 Å². The molecular weight excluding hydrogens is 228 g/mol. The van der Waals surface area contributed by atoms with Crippen molar-refractivity contribution in [3.8, 4) is 0 Å². The van der Waals surface area contributed by atoms with Crippen LogP contribution in [-0.4, -0.2) is 31.0 Å². The van der Waals surface area contributed by atoms with E-state index in [0.717, 1.165) is 37.3 Å². The van der Waals surface area contributed by atoms with Gasteiger partial charge in [-0.3, -0.25) is 9.78 Å². The van der Waals surface area contributed by atoms with Crippen molar-refractivity contribution in [1.82, 2.24) is 10.3 Å². The van der Waals surface area contributed by atoms with Crippen LogP contribution in [0.4, 0.5) is 5.69 Å². The minimum atomic E-state index is 0.155. The molecular formula is C13H20N4O. The minimum Gasteiger partial charge on any atom is -0.370 e. The number of rotatable bonds is 3. The lowest BCUT2D eigenvalue weighted by atomic mass is 9.96. The lowest BCUT2D eigenvalue weighted by molar-refractivity contribution is -0.125. The molecule has 0 bridgehead atoms. The van der Waals surface area contributed by atoms with Crippen LogP contribution in [0.2, 0.25) is 0 Å². The Labute approximate surface area is 107 Å². The van der Waals surface area contributed by atoms with Gasteiger partial charge in [0.25, 0.3) is 0 Å². The number of hydrogen-bond acceptors (Lipinski definition) is 4. The van der Waals surface area contributed by atoms with Crippen LogP contribution in [0, 0.1) is 5.92 Å². The van der Waals surface area contributed by atoms with E-state index < -0.39 is 0 Å². The highest BCUT2D eigenvalue weighted by atomic mass is 16.1. The van der Waals surface area contributed by atoms with E-state index in [0.29, 0.717) is 6.54 Å². The highest BCUT2D eigenvalue weighted by molar-refractivity contribution is 5.78. The van der Waals surface area contributed by atoms with Gasteiger partial charge in [0.15, 0.2) is 0 Å². The third kappa shape index (κ3) is 2.79. The zero-order chi connectivity index (χ0) is 13.0. The molecule has 3 N–H and O–H groups in total. The summed E-state index contributed by atoms with van der Waals surface area (Å²) in [5, 5.41) is 2.72. The first kappa shape index (κ1) is 12.8. The van der Waals surface area contributed by atoms with E-state index in [-0.39, 0.29) is 11.8 Å². The number of pyridine rings is 1. The Hall–Kier alpha value is -1.62. The fourth-order valence-electron chi connectivity index (χ4n) is 2.33. The monoisotopic (exact) mass is 248 g/mol. The Morgan fingerprint density at radius 3 is 2.72 bits per heavy atom. The molecule has 0 unspecified atom stereocenters. The molecule has 5 nitrogen and oxygen atoms in total. The summed E-state index contributed by atoms with van der Waals surface area (Å²) in [7, 11) is 1.70. The van der Waals surface area contributed by atoms with Gasteiger partial charge in [-0.1, -0.05) is 0 Å². The van der Waals surface area contributed by atoms with E-state index in [1.165, 1.54) is 0 Å². The van der Waals surface area contributed by atoms with Crippen molar-refractivity contribution in [1.29, 1.82) is 0 Å². The molecule has 1 amide bonds. The summed E-state index contributed by atoms with van der Waals surface area (Å²) in [5.41, 5.74) is 7.54. The van der Waals surface area contributed by atoms with E-state index in [2.05, 4.69) is 21.3 Å². The van der Waals surface area contributed by atoms with Gasteiger partial charge in [0.1, 0.15) is 0 Å². The molecule has 1 saturated heterocycles. The third-order valence-corrected chi connectivity index (χ3v) is 3.50. The van der Waals surface area contributed by atoms with E-state index in [4.69, 9.17) is 5.73 Å². The van der Waals surface area contributed by atoms with Gasteiger partial charge in [-0.05, 0) is 25.0 Å². The number of nitrogens with one attached hydrogen (secondary N) is 1. The van der Waals surface area contributed by atoms with Crippen LogP contribution in [0.25, 0.3) is 0 Å². The average molecular weight is 248 g/mol. The molecule has 0 aliphatic carbocycles. The highest BCUT2D eigenvalue weighted by Crippen LogP contribution is 2.22. The molecule has 1 aliphatic rings. The Morgan fingerprint density at radius 2 is 2.22 bits per heavy atom. The third-order valence-electron chi connectivity index (χ3n) is 3.50. The molecule has 1 aliphatic heterocycles.